The lowest BCUT2D eigenvalue weighted by Gasteiger charge is -2.25. The van der Waals surface area contributed by atoms with E-state index in [-0.39, 0.29) is 11.3 Å². The number of aliphatic hydroxyl groups is 1. The van der Waals surface area contributed by atoms with Crippen molar-refractivity contribution >= 4 is 29.1 Å². The number of carbonyl (C=O) groups is 2. The van der Waals surface area contributed by atoms with Gasteiger partial charge in [0.25, 0.3) is 11.7 Å². The van der Waals surface area contributed by atoms with Crippen LogP contribution < -0.4 is 0 Å². The van der Waals surface area contributed by atoms with Crippen molar-refractivity contribution in [3.05, 3.63) is 76.3 Å². The van der Waals surface area contributed by atoms with Crippen molar-refractivity contribution < 1.29 is 14.7 Å². The number of rotatable bonds is 9. The van der Waals surface area contributed by atoms with Crippen LogP contribution >= 0.6 is 11.6 Å². The van der Waals surface area contributed by atoms with Crippen molar-refractivity contribution in [1.82, 2.24) is 4.90 Å². The van der Waals surface area contributed by atoms with Crippen LogP contribution in [0.1, 0.15) is 62.6 Å². The highest BCUT2D eigenvalue weighted by molar-refractivity contribution is 6.46. The number of carbonyl (C=O) groups excluding carboxylic acids is 2. The van der Waals surface area contributed by atoms with Crippen LogP contribution in [0.25, 0.3) is 5.76 Å². The maximum Gasteiger partial charge on any atom is 0.295 e. The third-order valence-electron chi connectivity index (χ3n) is 5.53. The van der Waals surface area contributed by atoms with Crippen molar-refractivity contribution in [2.75, 3.05) is 6.54 Å². The van der Waals surface area contributed by atoms with Gasteiger partial charge in [-0.15, -0.1) is 0 Å². The third-order valence-corrected chi connectivity index (χ3v) is 5.78. The molecular formula is C25H28ClNO3. The van der Waals surface area contributed by atoms with E-state index in [0.717, 1.165) is 24.8 Å². The van der Waals surface area contributed by atoms with Crippen LogP contribution in [-0.4, -0.2) is 28.2 Å². The van der Waals surface area contributed by atoms with Gasteiger partial charge in [0.2, 0.25) is 0 Å². The Bertz CT molecular complexity index is 906. The highest BCUT2D eigenvalue weighted by Gasteiger charge is 2.45. The quantitative estimate of drug-likeness (QED) is 0.228. The normalized spacial score (nSPS) is 18.2. The molecule has 4 nitrogen and oxygen atoms in total. The van der Waals surface area contributed by atoms with Crippen LogP contribution in [0.15, 0.2) is 60.2 Å². The molecule has 1 amide bonds. The van der Waals surface area contributed by atoms with Crippen LogP contribution in [0.3, 0.4) is 0 Å². The number of nitrogens with zero attached hydrogens (tertiary/aromatic N) is 1. The van der Waals surface area contributed by atoms with E-state index in [1.807, 2.05) is 30.3 Å². The fraction of sp³-hybridized carbons (Fsp3) is 0.360. The van der Waals surface area contributed by atoms with Gasteiger partial charge >= 0.3 is 0 Å². The van der Waals surface area contributed by atoms with Crippen molar-refractivity contribution in [2.45, 2.75) is 51.5 Å². The van der Waals surface area contributed by atoms with E-state index in [1.165, 1.54) is 19.3 Å². The number of hydrogen-bond acceptors (Lipinski definition) is 3. The number of hydrogen-bond donors (Lipinski definition) is 1. The first kappa shape index (κ1) is 22.1. The Labute approximate surface area is 183 Å². The molecule has 1 fully saturated rings. The van der Waals surface area contributed by atoms with E-state index in [1.54, 1.807) is 29.2 Å². The fourth-order valence-corrected chi connectivity index (χ4v) is 4.04. The summed E-state index contributed by atoms with van der Waals surface area (Å²) in [5.41, 5.74) is 1.43. The minimum Gasteiger partial charge on any atom is -0.507 e. The summed E-state index contributed by atoms with van der Waals surface area (Å²) in [7, 11) is 0. The molecule has 0 saturated carbocycles. The number of halogens is 1. The molecule has 1 aliphatic heterocycles. The molecule has 3 rings (SSSR count). The molecule has 1 unspecified atom stereocenters. The Morgan fingerprint density at radius 2 is 1.57 bits per heavy atom. The number of Topliss-reactive ketones (excluding diaryl/α,β-unsaturated/α-hetero) is 1. The zero-order chi connectivity index (χ0) is 21.5. The zero-order valence-electron chi connectivity index (χ0n) is 17.3. The molecule has 0 aliphatic carbocycles. The summed E-state index contributed by atoms with van der Waals surface area (Å²) in [4.78, 5) is 27.4. The van der Waals surface area contributed by atoms with E-state index in [9.17, 15) is 14.7 Å². The SMILES string of the molecule is CCCCCCCCN1C(=O)C(=O)/C(=C(\O)c2ccc(Cl)cc2)C1c1ccccc1. The topological polar surface area (TPSA) is 57.6 Å². The molecule has 2 aromatic carbocycles. The van der Waals surface area contributed by atoms with Crippen LogP contribution in [0, 0.1) is 0 Å². The lowest BCUT2D eigenvalue weighted by Crippen LogP contribution is -2.30. The molecule has 1 saturated heterocycles. The highest BCUT2D eigenvalue weighted by atomic mass is 35.5. The molecule has 2 aromatic rings. The lowest BCUT2D eigenvalue weighted by atomic mass is 9.95. The zero-order valence-corrected chi connectivity index (χ0v) is 18.1. The first-order chi connectivity index (χ1) is 14.5. The molecule has 1 heterocycles. The van der Waals surface area contributed by atoms with Crippen LogP contribution in [-0.2, 0) is 9.59 Å². The molecule has 30 heavy (non-hydrogen) atoms. The molecule has 1 aliphatic rings. The van der Waals surface area contributed by atoms with E-state index < -0.39 is 17.7 Å². The first-order valence-corrected chi connectivity index (χ1v) is 11.0. The van der Waals surface area contributed by atoms with Gasteiger partial charge in [-0.25, -0.2) is 0 Å². The predicted molar refractivity (Wildman–Crippen MR) is 120 cm³/mol. The number of likely N-dealkylation sites (tertiary alicyclic amines) is 1. The summed E-state index contributed by atoms with van der Waals surface area (Å²) in [6.45, 7) is 2.67. The van der Waals surface area contributed by atoms with Crippen LogP contribution in [0.5, 0.6) is 0 Å². The lowest BCUT2D eigenvalue weighted by molar-refractivity contribution is -0.139. The number of benzene rings is 2. The molecule has 5 heteroatoms. The van der Waals surface area contributed by atoms with Gasteiger partial charge in [0, 0.05) is 17.1 Å². The number of amides is 1. The minimum absolute atomic E-state index is 0.138. The number of aliphatic hydroxyl groups excluding tert-OH is 1. The second kappa shape index (κ2) is 10.4. The third kappa shape index (κ3) is 4.93. The summed E-state index contributed by atoms with van der Waals surface area (Å²) in [5, 5.41) is 11.5. The highest BCUT2D eigenvalue weighted by Crippen LogP contribution is 2.39. The van der Waals surface area contributed by atoms with E-state index in [0.29, 0.717) is 17.1 Å². The van der Waals surface area contributed by atoms with Crippen molar-refractivity contribution in [2.24, 2.45) is 0 Å². The Hall–Kier alpha value is -2.59. The van der Waals surface area contributed by atoms with E-state index in [2.05, 4.69) is 6.92 Å². The van der Waals surface area contributed by atoms with Gasteiger partial charge < -0.3 is 10.0 Å². The second-order valence-corrected chi connectivity index (χ2v) is 8.11. The summed E-state index contributed by atoms with van der Waals surface area (Å²) in [5.74, 6) is -1.35. The summed E-state index contributed by atoms with van der Waals surface area (Å²) >= 11 is 5.95. The molecule has 0 aromatic heterocycles. The maximum atomic E-state index is 12.9. The molecule has 1 N–H and O–H groups in total. The smallest absolute Gasteiger partial charge is 0.295 e. The van der Waals surface area contributed by atoms with Crippen molar-refractivity contribution in [1.29, 1.82) is 0 Å². The van der Waals surface area contributed by atoms with Gasteiger partial charge in [-0.1, -0.05) is 81.0 Å². The van der Waals surface area contributed by atoms with Gasteiger partial charge in [-0.3, -0.25) is 9.59 Å². The molecule has 0 spiro atoms. The number of unbranched alkanes of at least 4 members (excludes halogenated alkanes) is 5. The number of ketones is 1. The Morgan fingerprint density at radius 1 is 0.933 bits per heavy atom. The maximum absolute atomic E-state index is 12.9. The average molecular weight is 426 g/mol. The predicted octanol–water partition coefficient (Wildman–Crippen LogP) is 6.12. The summed E-state index contributed by atoms with van der Waals surface area (Å²) in [6, 6.07) is 15.5. The Kier molecular flexibility index (Phi) is 7.69. The second-order valence-electron chi connectivity index (χ2n) is 7.68. The van der Waals surface area contributed by atoms with E-state index in [4.69, 9.17) is 11.6 Å². The molecule has 0 radical (unpaired) electrons. The van der Waals surface area contributed by atoms with Crippen molar-refractivity contribution in [3.63, 3.8) is 0 Å². The van der Waals surface area contributed by atoms with Crippen molar-refractivity contribution in [3.8, 4) is 0 Å². The summed E-state index contributed by atoms with van der Waals surface area (Å²) in [6.07, 6.45) is 6.57. The van der Waals surface area contributed by atoms with Gasteiger partial charge in [0.1, 0.15) is 5.76 Å². The van der Waals surface area contributed by atoms with E-state index >= 15 is 0 Å². The standard InChI is InChI=1S/C25H28ClNO3/c1-2-3-4-5-6-10-17-27-22(18-11-8-7-9-12-18)21(24(29)25(27)30)23(28)19-13-15-20(26)16-14-19/h7-9,11-16,22,28H,2-6,10,17H2,1H3/b23-21-. The Morgan fingerprint density at radius 3 is 2.23 bits per heavy atom. The first-order valence-electron chi connectivity index (χ1n) is 10.6. The van der Waals surface area contributed by atoms with Gasteiger partial charge in [0.05, 0.1) is 11.6 Å². The Balaban J connectivity index is 1.91. The van der Waals surface area contributed by atoms with Gasteiger partial charge in [0.15, 0.2) is 0 Å². The molecule has 158 valence electrons. The molecular weight excluding hydrogens is 398 g/mol. The van der Waals surface area contributed by atoms with Crippen LogP contribution in [0.4, 0.5) is 0 Å². The minimum atomic E-state index is -0.637. The fourth-order valence-electron chi connectivity index (χ4n) is 3.92. The summed E-state index contributed by atoms with van der Waals surface area (Å²) < 4.78 is 0. The largest absolute Gasteiger partial charge is 0.507 e. The van der Waals surface area contributed by atoms with Gasteiger partial charge in [-0.2, -0.15) is 0 Å². The van der Waals surface area contributed by atoms with Crippen LogP contribution in [0.2, 0.25) is 5.02 Å². The average Bonchev–Trinajstić information content (AvgIpc) is 3.01. The van der Waals surface area contributed by atoms with Gasteiger partial charge in [-0.05, 0) is 36.2 Å². The monoisotopic (exact) mass is 425 g/mol. The molecule has 1 atom stereocenters. The molecule has 0 bridgehead atoms.